The summed E-state index contributed by atoms with van der Waals surface area (Å²) >= 11 is 0. The summed E-state index contributed by atoms with van der Waals surface area (Å²) in [4.78, 5) is 25.8. The highest BCUT2D eigenvalue weighted by Gasteiger charge is 2.45. The predicted molar refractivity (Wildman–Crippen MR) is 59.6 cm³/mol. The van der Waals surface area contributed by atoms with Crippen molar-refractivity contribution >= 4 is 5.97 Å². The minimum Gasteiger partial charge on any atom is -0.465 e. The van der Waals surface area contributed by atoms with Gasteiger partial charge in [-0.15, -0.1) is 10.1 Å². The number of nitrogens with zero attached hydrogens (tertiary/aromatic N) is 1. The molecule has 0 unspecified atom stereocenters. The Morgan fingerprint density at radius 3 is 2.53 bits per heavy atom. The molecule has 1 aliphatic carbocycles. The van der Waals surface area contributed by atoms with E-state index in [0.29, 0.717) is 12.3 Å². The van der Waals surface area contributed by atoms with Gasteiger partial charge in [-0.05, 0) is 25.2 Å². The van der Waals surface area contributed by atoms with Crippen LogP contribution in [0.1, 0.15) is 39.5 Å². The van der Waals surface area contributed by atoms with Gasteiger partial charge in [-0.25, -0.2) is 0 Å². The minimum absolute atomic E-state index is 0.0253. The lowest BCUT2D eigenvalue weighted by Gasteiger charge is -2.14. The number of hydrogen-bond donors (Lipinski definition) is 0. The molecule has 0 bridgehead atoms. The molecule has 0 aromatic carbocycles. The zero-order valence-corrected chi connectivity index (χ0v) is 10.3. The van der Waals surface area contributed by atoms with E-state index in [1.807, 2.05) is 13.8 Å². The largest absolute Gasteiger partial charge is 0.465 e. The van der Waals surface area contributed by atoms with E-state index < -0.39 is 5.09 Å². The van der Waals surface area contributed by atoms with Crippen molar-refractivity contribution in [2.75, 3.05) is 13.2 Å². The van der Waals surface area contributed by atoms with Crippen molar-refractivity contribution in [2.24, 2.45) is 11.3 Å². The lowest BCUT2D eigenvalue weighted by Crippen LogP contribution is -2.21. The third-order valence-corrected chi connectivity index (χ3v) is 2.90. The van der Waals surface area contributed by atoms with E-state index in [1.54, 1.807) is 0 Å². The number of carbonyl (C=O) groups is 1. The zero-order chi connectivity index (χ0) is 12.9. The molecule has 6 heteroatoms. The first-order valence-corrected chi connectivity index (χ1v) is 5.86. The van der Waals surface area contributed by atoms with Gasteiger partial charge in [-0.3, -0.25) is 4.79 Å². The third kappa shape index (κ3) is 5.51. The molecule has 1 rings (SSSR count). The van der Waals surface area contributed by atoms with Gasteiger partial charge in [0.2, 0.25) is 0 Å². The van der Waals surface area contributed by atoms with Crippen molar-refractivity contribution in [3.63, 3.8) is 0 Å². The Kier molecular flexibility index (Phi) is 4.72. The molecule has 0 aromatic rings. The summed E-state index contributed by atoms with van der Waals surface area (Å²) in [5, 5.41) is 9.26. The average molecular weight is 245 g/mol. The molecule has 0 amide bonds. The fraction of sp³-hybridized carbons (Fsp3) is 0.909. The molecule has 6 nitrogen and oxygen atoms in total. The van der Waals surface area contributed by atoms with Crippen LogP contribution in [-0.2, 0) is 14.4 Å². The van der Waals surface area contributed by atoms with Crippen molar-refractivity contribution < 1.29 is 19.5 Å². The molecular weight excluding hydrogens is 226 g/mol. The summed E-state index contributed by atoms with van der Waals surface area (Å²) in [7, 11) is 0. The van der Waals surface area contributed by atoms with Crippen LogP contribution < -0.4 is 0 Å². The molecule has 0 spiro atoms. The summed E-state index contributed by atoms with van der Waals surface area (Å²) in [6.45, 7) is 4.34. The third-order valence-electron chi connectivity index (χ3n) is 2.90. The van der Waals surface area contributed by atoms with E-state index in [-0.39, 0.29) is 24.6 Å². The monoisotopic (exact) mass is 245 g/mol. The molecule has 1 saturated carbocycles. The van der Waals surface area contributed by atoms with Crippen LogP contribution in [0.15, 0.2) is 0 Å². The van der Waals surface area contributed by atoms with E-state index >= 15 is 0 Å². The van der Waals surface area contributed by atoms with Crippen LogP contribution in [0.25, 0.3) is 0 Å². The van der Waals surface area contributed by atoms with Crippen molar-refractivity contribution in [2.45, 2.75) is 39.5 Å². The van der Waals surface area contributed by atoms with Crippen LogP contribution in [0.3, 0.4) is 0 Å². The smallest absolute Gasteiger partial charge is 0.305 e. The van der Waals surface area contributed by atoms with E-state index in [1.165, 1.54) is 0 Å². The Bertz CT molecular complexity index is 286. The van der Waals surface area contributed by atoms with Crippen LogP contribution in [0, 0.1) is 21.4 Å². The van der Waals surface area contributed by atoms with Crippen LogP contribution >= 0.6 is 0 Å². The fourth-order valence-electron chi connectivity index (χ4n) is 1.41. The summed E-state index contributed by atoms with van der Waals surface area (Å²) < 4.78 is 5.11. The van der Waals surface area contributed by atoms with Gasteiger partial charge < -0.3 is 9.57 Å². The Morgan fingerprint density at radius 1 is 1.41 bits per heavy atom. The highest BCUT2D eigenvalue weighted by atomic mass is 16.9. The van der Waals surface area contributed by atoms with E-state index in [4.69, 9.17) is 4.74 Å². The molecule has 0 atom stereocenters. The van der Waals surface area contributed by atoms with E-state index in [2.05, 4.69) is 4.84 Å². The number of carbonyl (C=O) groups excluding carboxylic acids is 1. The summed E-state index contributed by atoms with van der Waals surface area (Å²) in [6, 6.07) is 0. The van der Waals surface area contributed by atoms with Gasteiger partial charge in [0.1, 0.15) is 6.61 Å². The van der Waals surface area contributed by atoms with Crippen LogP contribution in [0.2, 0.25) is 0 Å². The molecule has 17 heavy (non-hydrogen) atoms. The lowest BCUT2D eigenvalue weighted by molar-refractivity contribution is -0.760. The Hall–Kier alpha value is -1.33. The molecule has 98 valence electrons. The molecule has 0 aromatic heterocycles. The highest BCUT2D eigenvalue weighted by Crippen LogP contribution is 2.46. The second-order valence-corrected chi connectivity index (χ2v) is 5.09. The normalized spacial score (nSPS) is 16.6. The van der Waals surface area contributed by atoms with Gasteiger partial charge in [0.15, 0.2) is 0 Å². The van der Waals surface area contributed by atoms with E-state index in [9.17, 15) is 14.9 Å². The maximum absolute atomic E-state index is 11.4. The molecule has 0 N–H and O–H groups in total. The SMILES string of the molecule is CC(C)CCC(=O)OCC1(CO[N+](=O)[O-])CC1. The first kappa shape index (κ1) is 13.7. The van der Waals surface area contributed by atoms with Gasteiger partial charge in [0, 0.05) is 11.8 Å². The summed E-state index contributed by atoms with van der Waals surface area (Å²) in [5.74, 6) is 0.237. The van der Waals surface area contributed by atoms with Gasteiger partial charge in [-0.2, -0.15) is 0 Å². The molecule has 0 heterocycles. The number of esters is 1. The quantitative estimate of drug-likeness (QED) is 0.371. The highest BCUT2D eigenvalue weighted by molar-refractivity contribution is 5.69. The Morgan fingerprint density at radius 2 is 2.06 bits per heavy atom. The second kappa shape index (κ2) is 5.84. The topological polar surface area (TPSA) is 78.7 Å². The first-order chi connectivity index (χ1) is 7.93. The lowest BCUT2D eigenvalue weighted by atomic mass is 10.1. The number of ether oxygens (including phenoxy) is 1. The van der Waals surface area contributed by atoms with Gasteiger partial charge in [0.25, 0.3) is 5.09 Å². The number of rotatable bonds is 8. The van der Waals surface area contributed by atoms with Crippen LogP contribution in [0.5, 0.6) is 0 Å². The summed E-state index contributed by atoms with van der Waals surface area (Å²) in [6.07, 6.45) is 2.84. The zero-order valence-electron chi connectivity index (χ0n) is 10.3. The van der Waals surface area contributed by atoms with Gasteiger partial charge >= 0.3 is 5.97 Å². The average Bonchev–Trinajstić information content (AvgIpc) is 3.02. The Labute approximate surface area is 100 Å². The Balaban J connectivity index is 2.16. The molecule has 0 saturated heterocycles. The maximum Gasteiger partial charge on any atom is 0.305 e. The van der Waals surface area contributed by atoms with Crippen LogP contribution in [-0.4, -0.2) is 24.3 Å². The number of hydrogen-bond acceptors (Lipinski definition) is 5. The van der Waals surface area contributed by atoms with Crippen molar-refractivity contribution in [3.8, 4) is 0 Å². The van der Waals surface area contributed by atoms with Gasteiger partial charge in [-0.1, -0.05) is 13.8 Å². The molecule has 1 fully saturated rings. The van der Waals surface area contributed by atoms with Crippen molar-refractivity contribution in [1.82, 2.24) is 0 Å². The molecule has 1 aliphatic rings. The van der Waals surface area contributed by atoms with Crippen molar-refractivity contribution in [3.05, 3.63) is 10.1 Å². The molecular formula is C11H19NO5. The van der Waals surface area contributed by atoms with Crippen molar-refractivity contribution in [1.29, 1.82) is 0 Å². The van der Waals surface area contributed by atoms with Gasteiger partial charge in [0.05, 0.1) is 6.61 Å². The second-order valence-electron chi connectivity index (χ2n) is 5.09. The first-order valence-electron chi connectivity index (χ1n) is 5.86. The van der Waals surface area contributed by atoms with Crippen LogP contribution in [0.4, 0.5) is 0 Å². The van der Waals surface area contributed by atoms with E-state index in [0.717, 1.165) is 19.3 Å². The molecule has 0 radical (unpaired) electrons. The summed E-state index contributed by atoms with van der Waals surface area (Å²) in [5.41, 5.74) is -0.305. The molecule has 0 aliphatic heterocycles. The standard InChI is InChI=1S/C11H19NO5/c1-9(2)3-4-10(13)16-7-11(5-6-11)8-17-12(14)15/h9H,3-8H2,1-2H3. The maximum atomic E-state index is 11.4. The fourth-order valence-corrected chi connectivity index (χ4v) is 1.41. The predicted octanol–water partition coefficient (Wildman–Crippen LogP) is 1.95. The minimum atomic E-state index is -0.805.